The van der Waals surface area contributed by atoms with Crippen LogP contribution in [0.15, 0.2) is 115 Å². The summed E-state index contributed by atoms with van der Waals surface area (Å²) in [5.74, 6) is -1.52. The maximum atomic E-state index is 13.1. The molecular formula is C33H31N3O3. The van der Waals surface area contributed by atoms with Crippen LogP contribution in [0.1, 0.15) is 27.0 Å². The van der Waals surface area contributed by atoms with Crippen molar-refractivity contribution in [1.29, 1.82) is 5.41 Å². The second-order valence-electron chi connectivity index (χ2n) is 9.16. The number of nitrogens with one attached hydrogen (secondary N) is 2. The Bertz CT molecular complexity index is 1450. The van der Waals surface area contributed by atoms with E-state index in [4.69, 9.17) is 15.9 Å². The minimum atomic E-state index is -0.718. The van der Waals surface area contributed by atoms with E-state index in [1.165, 1.54) is 7.11 Å². The Labute approximate surface area is 228 Å². The van der Waals surface area contributed by atoms with Crippen molar-refractivity contribution in [2.45, 2.75) is 12.5 Å². The zero-order valence-electron chi connectivity index (χ0n) is 21.7. The van der Waals surface area contributed by atoms with Crippen molar-refractivity contribution < 1.29 is 14.3 Å². The molecule has 0 aromatic heterocycles. The first kappa shape index (κ1) is 27.1. The lowest BCUT2D eigenvalue weighted by Crippen LogP contribution is -2.43. The Balaban J connectivity index is 1.64. The third-order valence-corrected chi connectivity index (χ3v) is 6.48. The number of methoxy groups -OCH3 is 1. The summed E-state index contributed by atoms with van der Waals surface area (Å²) in [5.41, 5.74) is 10.7. The summed E-state index contributed by atoms with van der Waals surface area (Å²) in [6.07, 6.45) is 4.01. The lowest BCUT2D eigenvalue weighted by atomic mass is 9.90. The number of amidine groups is 1. The molecule has 6 heteroatoms. The first-order valence-corrected chi connectivity index (χ1v) is 12.7. The number of nitrogen functional groups attached to an aromatic ring is 1. The lowest BCUT2D eigenvalue weighted by molar-refractivity contribution is -0.145. The van der Waals surface area contributed by atoms with Crippen LogP contribution in [-0.4, -0.2) is 30.9 Å². The molecule has 4 rings (SSSR count). The summed E-state index contributed by atoms with van der Waals surface area (Å²) in [4.78, 5) is 26.2. The standard InChI is InChI=1S/C33H31N3O3/c1-39-33(38)29(22-24-9-8-14-28(21-24)31(34)35)30(36-32(37)27-12-6-3-7-13-27)20-17-23-15-18-26(19-16-23)25-10-4-2-5-11-25/h2-21,29-30H,22H2,1H3,(H3,34,35)(H,36,37)/b20-17+/t29-,30?/m1/s1. The molecule has 0 fully saturated rings. The molecule has 0 aliphatic heterocycles. The van der Waals surface area contributed by atoms with E-state index in [1.54, 1.807) is 42.5 Å². The van der Waals surface area contributed by atoms with Gasteiger partial charge < -0.3 is 15.8 Å². The van der Waals surface area contributed by atoms with E-state index in [1.807, 2.05) is 66.7 Å². The van der Waals surface area contributed by atoms with E-state index in [2.05, 4.69) is 17.4 Å². The van der Waals surface area contributed by atoms with Gasteiger partial charge in [-0.2, -0.15) is 0 Å². The molecular weight excluding hydrogens is 486 g/mol. The Morgan fingerprint density at radius 3 is 2.10 bits per heavy atom. The number of esters is 1. The minimum Gasteiger partial charge on any atom is -0.469 e. The van der Waals surface area contributed by atoms with Gasteiger partial charge in [0.15, 0.2) is 0 Å². The molecule has 2 atom stereocenters. The second-order valence-corrected chi connectivity index (χ2v) is 9.16. The van der Waals surface area contributed by atoms with Crippen LogP contribution in [0.3, 0.4) is 0 Å². The van der Waals surface area contributed by atoms with E-state index in [0.29, 0.717) is 11.1 Å². The van der Waals surface area contributed by atoms with Crippen molar-refractivity contribution in [3.05, 3.63) is 138 Å². The van der Waals surface area contributed by atoms with Gasteiger partial charge in [0.2, 0.25) is 0 Å². The van der Waals surface area contributed by atoms with Gasteiger partial charge in [-0.05, 0) is 46.9 Å². The minimum absolute atomic E-state index is 0.0563. The molecule has 1 unspecified atom stereocenters. The van der Waals surface area contributed by atoms with Crippen LogP contribution >= 0.6 is 0 Å². The average Bonchev–Trinajstić information content (AvgIpc) is 2.99. The molecule has 39 heavy (non-hydrogen) atoms. The molecule has 0 aliphatic carbocycles. The highest BCUT2D eigenvalue weighted by atomic mass is 16.5. The van der Waals surface area contributed by atoms with E-state index in [0.717, 1.165) is 22.3 Å². The number of nitrogens with two attached hydrogens (primary N) is 1. The van der Waals surface area contributed by atoms with Crippen LogP contribution in [0.5, 0.6) is 0 Å². The molecule has 0 heterocycles. The first-order valence-electron chi connectivity index (χ1n) is 12.7. The fourth-order valence-corrected chi connectivity index (χ4v) is 4.37. The molecule has 0 radical (unpaired) electrons. The van der Waals surface area contributed by atoms with Crippen LogP contribution in [-0.2, 0) is 16.0 Å². The predicted octanol–water partition coefficient (Wildman–Crippen LogP) is 5.48. The number of hydrogen-bond acceptors (Lipinski definition) is 4. The van der Waals surface area contributed by atoms with Gasteiger partial charge in [0.1, 0.15) is 5.84 Å². The van der Waals surface area contributed by atoms with Crippen molar-refractivity contribution in [3.63, 3.8) is 0 Å². The molecule has 4 aromatic carbocycles. The molecule has 0 bridgehead atoms. The Morgan fingerprint density at radius 1 is 0.846 bits per heavy atom. The van der Waals surface area contributed by atoms with Gasteiger partial charge in [-0.1, -0.05) is 103 Å². The number of carbonyl (C=O) groups excluding carboxylic acids is 2. The fraction of sp³-hybridized carbons (Fsp3) is 0.121. The van der Waals surface area contributed by atoms with Crippen molar-refractivity contribution in [2.24, 2.45) is 11.7 Å². The largest absolute Gasteiger partial charge is 0.469 e. The van der Waals surface area contributed by atoms with Crippen molar-refractivity contribution >= 4 is 23.8 Å². The molecule has 0 spiro atoms. The zero-order valence-corrected chi connectivity index (χ0v) is 21.7. The maximum absolute atomic E-state index is 13.1. The van der Waals surface area contributed by atoms with Gasteiger partial charge in [0, 0.05) is 11.1 Å². The number of amides is 1. The van der Waals surface area contributed by atoms with Crippen molar-refractivity contribution in [3.8, 4) is 11.1 Å². The van der Waals surface area contributed by atoms with E-state index in [9.17, 15) is 9.59 Å². The van der Waals surface area contributed by atoms with Gasteiger partial charge >= 0.3 is 5.97 Å². The van der Waals surface area contributed by atoms with E-state index < -0.39 is 17.9 Å². The number of benzene rings is 4. The Morgan fingerprint density at radius 2 is 1.46 bits per heavy atom. The SMILES string of the molecule is COC(=O)[C@H](Cc1cccc(C(=N)N)c1)C(/C=C/c1ccc(-c2ccccc2)cc1)NC(=O)c1ccccc1. The van der Waals surface area contributed by atoms with Gasteiger partial charge in [-0.3, -0.25) is 15.0 Å². The number of ether oxygens (including phenoxy) is 1. The molecule has 4 aromatic rings. The summed E-state index contributed by atoms with van der Waals surface area (Å²) in [6, 6.07) is 33.6. The predicted molar refractivity (Wildman–Crippen MR) is 155 cm³/mol. The highest BCUT2D eigenvalue weighted by Crippen LogP contribution is 2.22. The van der Waals surface area contributed by atoms with Crippen LogP contribution in [0, 0.1) is 11.3 Å². The quantitative estimate of drug-likeness (QED) is 0.147. The van der Waals surface area contributed by atoms with Crippen molar-refractivity contribution in [1.82, 2.24) is 5.32 Å². The van der Waals surface area contributed by atoms with Gasteiger partial charge in [-0.25, -0.2) is 0 Å². The van der Waals surface area contributed by atoms with Crippen LogP contribution < -0.4 is 11.1 Å². The van der Waals surface area contributed by atoms with Gasteiger partial charge in [0.25, 0.3) is 5.91 Å². The molecule has 4 N–H and O–H groups in total. The summed E-state index contributed by atoms with van der Waals surface area (Å²) in [5, 5.41) is 10.8. The topological polar surface area (TPSA) is 105 Å². The van der Waals surface area contributed by atoms with Crippen molar-refractivity contribution in [2.75, 3.05) is 7.11 Å². The fourth-order valence-electron chi connectivity index (χ4n) is 4.37. The summed E-state index contributed by atoms with van der Waals surface area (Å²) in [6.45, 7) is 0. The molecule has 0 saturated heterocycles. The highest BCUT2D eigenvalue weighted by molar-refractivity contribution is 5.95. The molecule has 196 valence electrons. The summed E-state index contributed by atoms with van der Waals surface area (Å²) >= 11 is 0. The molecule has 1 amide bonds. The first-order chi connectivity index (χ1) is 18.9. The molecule has 0 saturated carbocycles. The second kappa shape index (κ2) is 13.0. The highest BCUT2D eigenvalue weighted by Gasteiger charge is 2.29. The molecule has 0 aliphatic rings. The third kappa shape index (κ3) is 7.29. The Kier molecular flexibility index (Phi) is 9.03. The maximum Gasteiger partial charge on any atom is 0.311 e. The van der Waals surface area contributed by atoms with Gasteiger partial charge in [-0.15, -0.1) is 0 Å². The van der Waals surface area contributed by atoms with Crippen LogP contribution in [0.4, 0.5) is 0 Å². The number of carbonyl (C=O) groups is 2. The monoisotopic (exact) mass is 517 g/mol. The van der Waals surface area contributed by atoms with Crippen LogP contribution in [0.25, 0.3) is 17.2 Å². The van der Waals surface area contributed by atoms with E-state index >= 15 is 0 Å². The normalized spacial score (nSPS) is 12.4. The number of rotatable bonds is 10. The number of hydrogen-bond donors (Lipinski definition) is 3. The average molecular weight is 518 g/mol. The smallest absolute Gasteiger partial charge is 0.311 e. The Hall–Kier alpha value is -4.97. The summed E-state index contributed by atoms with van der Waals surface area (Å²) < 4.78 is 5.16. The zero-order chi connectivity index (χ0) is 27.6. The van der Waals surface area contributed by atoms with Crippen LogP contribution in [0.2, 0.25) is 0 Å². The lowest BCUT2D eigenvalue weighted by Gasteiger charge is -2.24. The third-order valence-electron chi connectivity index (χ3n) is 6.48. The molecule has 6 nitrogen and oxygen atoms in total. The summed E-state index contributed by atoms with van der Waals surface area (Å²) in [7, 11) is 1.34. The van der Waals surface area contributed by atoms with E-state index in [-0.39, 0.29) is 18.2 Å². The van der Waals surface area contributed by atoms with Gasteiger partial charge in [0.05, 0.1) is 19.1 Å².